The number of anilines is 2. The Morgan fingerprint density at radius 2 is 1.02 bits per heavy atom. The van der Waals surface area contributed by atoms with E-state index in [0.29, 0.717) is 0 Å². The highest BCUT2D eigenvalue weighted by Crippen LogP contribution is 2.36. The second-order valence-corrected chi connectivity index (χ2v) is 10.3. The van der Waals surface area contributed by atoms with E-state index in [1.54, 1.807) is 0 Å². The number of fused-ring (bicyclic) bond motifs is 6. The smallest absolute Gasteiger partial charge is 0.0541 e. The molecule has 1 heterocycles. The van der Waals surface area contributed by atoms with Crippen molar-refractivity contribution in [3.05, 3.63) is 152 Å². The van der Waals surface area contributed by atoms with Crippen LogP contribution in [0, 0.1) is 0 Å². The Bertz CT molecular complexity index is 2170. The number of nitrogens with one attached hydrogen (secondary N) is 1. The summed E-state index contributed by atoms with van der Waals surface area (Å²) >= 11 is 0. The summed E-state index contributed by atoms with van der Waals surface area (Å²) in [6.07, 6.45) is 0. The Morgan fingerprint density at radius 3 is 1.85 bits per heavy atom. The van der Waals surface area contributed by atoms with Gasteiger partial charge in [-0.2, -0.15) is 0 Å². The predicted octanol–water partition coefficient (Wildman–Crippen LogP) is 10.5. The molecule has 8 aromatic rings. The molecule has 0 unspecified atom stereocenters. The van der Waals surface area contributed by atoms with Crippen LogP contribution < -0.4 is 5.32 Å². The number of nitrogens with zero attached hydrogens (tertiary/aromatic N) is 1. The first-order chi connectivity index (χ1) is 19.8. The second kappa shape index (κ2) is 9.14. The minimum absolute atomic E-state index is 1.07. The third-order valence-electron chi connectivity index (χ3n) is 7.95. The van der Waals surface area contributed by atoms with Crippen molar-refractivity contribution >= 4 is 54.7 Å². The van der Waals surface area contributed by atoms with Crippen LogP contribution in [0.15, 0.2) is 152 Å². The van der Waals surface area contributed by atoms with Crippen LogP contribution in [-0.4, -0.2) is 4.57 Å². The number of rotatable bonds is 4. The fourth-order valence-corrected chi connectivity index (χ4v) is 6.07. The zero-order chi connectivity index (χ0) is 26.5. The molecule has 2 heteroatoms. The van der Waals surface area contributed by atoms with Crippen molar-refractivity contribution in [3.63, 3.8) is 0 Å². The minimum Gasteiger partial charge on any atom is -0.355 e. The van der Waals surface area contributed by atoms with E-state index in [2.05, 4.69) is 162 Å². The van der Waals surface area contributed by atoms with Crippen LogP contribution in [0.4, 0.5) is 11.4 Å². The van der Waals surface area contributed by atoms with Gasteiger partial charge in [0.2, 0.25) is 0 Å². The van der Waals surface area contributed by atoms with Gasteiger partial charge in [-0.3, -0.25) is 0 Å². The molecule has 0 bridgehead atoms. The van der Waals surface area contributed by atoms with Gasteiger partial charge in [-0.25, -0.2) is 0 Å². The molecule has 8 rings (SSSR count). The lowest BCUT2D eigenvalue weighted by atomic mass is 10.00. The molecule has 0 radical (unpaired) electrons. The zero-order valence-corrected chi connectivity index (χ0v) is 21.9. The predicted molar refractivity (Wildman–Crippen MR) is 171 cm³/mol. The summed E-state index contributed by atoms with van der Waals surface area (Å²) in [6, 6.07) is 54.3. The topological polar surface area (TPSA) is 17.0 Å². The van der Waals surface area contributed by atoms with Crippen LogP contribution in [-0.2, 0) is 0 Å². The van der Waals surface area contributed by atoms with Crippen molar-refractivity contribution < 1.29 is 0 Å². The van der Waals surface area contributed by atoms with Crippen LogP contribution in [0.3, 0.4) is 0 Å². The fraction of sp³-hybridized carbons (Fsp3) is 0. The van der Waals surface area contributed by atoms with Crippen LogP contribution in [0.2, 0.25) is 0 Å². The Hall–Kier alpha value is -5.34. The molecule has 0 aliphatic carbocycles. The molecule has 7 aromatic carbocycles. The standard InChI is InChI=1S/C38H26N2/c1-2-11-30(12-3-1)40-37-17-9-8-16-34(37)35-24-27(20-23-38(35)40)26-18-21-29(22-19-26)39-36-25-28-10-4-5-13-31(28)32-14-6-7-15-33(32)36/h1-25,39H. The SMILES string of the molecule is c1ccc(-n2c3ccccc3c3cc(-c4ccc(Nc5cc6ccccc6c6ccccc56)cc4)ccc32)cc1. The average Bonchev–Trinajstić information content (AvgIpc) is 3.36. The number of benzene rings is 7. The third-order valence-corrected chi connectivity index (χ3v) is 7.95. The minimum atomic E-state index is 1.07. The zero-order valence-electron chi connectivity index (χ0n) is 21.9. The van der Waals surface area contributed by atoms with Gasteiger partial charge in [-0.1, -0.05) is 103 Å². The van der Waals surface area contributed by atoms with Gasteiger partial charge in [0.05, 0.1) is 11.0 Å². The molecule has 0 aliphatic heterocycles. The summed E-state index contributed by atoms with van der Waals surface area (Å²) in [5.41, 5.74) is 8.24. The van der Waals surface area contributed by atoms with Crippen molar-refractivity contribution in [3.8, 4) is 16.8 Å². The van der Waals surface area contributed by atoms with Crippen LogP contribution in [0.5, 0.6) is 0 Å². The molecule has 2 nitrogen and oxygen atoms in total. The van der Waals surface area contributed by atoms with E-state index in [4.69, 9.17) is 0 Å². The van der Waals surface area contributed by atoms with E-state index >= 15 is 0 Å². The van der Waals surface area contributed by atoms with Gasteiger partial charge in [-0.15, -0.1) is 0 Å². The quantitative estimate of drug-likeness (QED) is 0.233. The molecule has 0 saturated carbocycles. The maximum absolute atomic E-state index is 3.69. The average molecular weight is 511 g/mol. The lowest BCUT2D eigenvalue weighted by molar-refractivity contribution is 1.18. The molecule has 188 valence electrons. The van der Waals surface area contributed by atoms with Gasteiger partial charge < -0.3 is 9.88 Å². The van der Waals surface area contributed by atoms with E-state index < -0.39 is 0 Å². The summed E-state index contributed by atoms with van der Waals surface area (Å²) in [5.74, 6) is 0. The Morgan fingerprint density at radius 1 is 0.400 bits per heavy atom. The van der Waals surface area contributed by atoms with Crippen molar-refractivity contribution in [2.24, 2.45) is 0 Å². The Labute approximate surface area is 232 Å². The van der Waals surface area contributed by atoms with E-state index in [1.807, 2.05) is 0 Å². The first kappa shape index (κ1) is 22.6. The highest BCUT2D eigenvalue weighted by Gasteiger charge is 2.13. The van der Waals surface area contributed by atoms with Gasteiger partial charge in [0, 0.05) is 33.2 Å². The molecule has 0 aliphatic rings. The first-order valence-corrected chi connectivity index (χ1v) is 13.7. The number of hydrogen-bond acceptors (Lipinski definition) is 1. The molecule has 0 saturated heterocycles. The molecule has 1 N–H and O–H groups in total. The van der Waals surface area contributed by atoms with Crippen molar-refractivity contribution in [2.45, 2.75) is 0 Å². The monoisotopic (exact) mass is 510 g/mol. The highest BCUT2D eigenvalue weighted by molar-refractivity contribution is 6.13. The summed E-state index contributed by atoms with van der Waals surface area (Å²) in [4.78, 5) is 0. The van der Waals surface area contributed by atoms with Crippen molar-refractivity contribution in [1.29, 1.82) is 0 Å². The summed E-state index contributed by atoms with van der Waals surface area (Å²) in [6.45, 7) is 0. The second-order valence-electron chi connectivity index (χ2n) is 10.3. The molecule has 0 fully saturated rings. The molecule has 0 spiro atoms. The van der Waals surface area contributed by atoms with Gasteiger partial charge >= 0.3 is 0 Å². The maximum Gasteiger partial charge on any atom is 0.0541 e. The summed E-state index contributed by atoms with van der Waals surface area (Å²) in [7, 11) is 0. The Kier molecular flexibility index (Phi) is 5.17. The molecular formula is C38H26N2. The molecule has 0 amide bonds. The highest BCUT2D eigenvalue weighted by atomic mass is 15.0. The van der Waals surface area contributed by atoms with Crippen molar-refractivity contribution in [2.75, 3.05) is 5.32 Å². The Balaban J connectivity index is 1.18. The van der Waals surface area contributed by atoms with E-state index in [0.717, 1.165) is 11.4 Å². The number of aromatic nitrogens is 1. The van der Waals surface area contributed by atoms with Crippen LogP contribution in [0.1, 0.15) is 0 Å². The molecule has 1 aromatic heterocycles. The first-order valence-electron chi connectivity index (χ1n) is 13.7. The lowest BCUT2D eigenvalue weighted by Crippen LogP contribution is -1.93. The summed E-state index contributed by atoms with van der Waals surface area (Å²) in [5, 5.41) is 11.2. The maximum atomic E-state index is 3.69. The molecular weight excluding hydrogens is 484 g/mol. The largest absolute Gasteiger partial charge is 0.355 e. The van der Waals surface area contributed by atoms with Gasteiger partial charge in [-0.05, 0) is 75.8 Å². The molecule has 40 heavy (non-hydrogen) atoms. The van der Waals surface area contributed by atoms with Crippen LogP contribution >= 0.6 is 0 Å². The van der Waals surface area contributed by atoms with Gasteiger partial charge in [0.25, 0.3) is 0 Å². The number of hydrogen-bond donors (Lipinski definition) is 1. The third kappa shape index (κ3) is 3.65. The van der Waals surface area contributed by atoms with E-state index in [-0.39, 0.29) is 0 Å². The van der Waals surface area contributed by atoms with Gasteiger partial charge in [0.15, 0.2) is 0 Å². The van der Waals surface area contributed by atoms with Gasteiger partial charge in [0.1, 0.15) is 0 Å². The van der Waals surface area contributed by atoms with E-state index in [9.17, 15) is 0 Å². The van der Waals surface area contributed by atoms with Crippen molar-refractivity contribution in [1.82, 2.24) is 4.57 Å². The molecule has 0 atom stereocenters. The normalized spacial score (nSPS) is 11.5. The lowest BCUT2D eigenvalue weighted by Gasteiger charge is -2.13. The van der Waals surface area contributed by atoms with Crippen LogP contribution in [0.25, 0.3) is 60.2 Å². The summed E-state index contributed by atoms with van der Waals surface area (Å²) < 4.78 is 2.36. The fourth-order valence-electron chi connectivity index (χ4n) is 6.07. The van der Waals surface area contributed by atoms with E-state index in [1.165, 1.54) is 60.2 Å². The number of para-hydroxylation sites is 2.